The Bertz CT molecular complexity index is 327. The fourth-order valence-corrected chi connectivity index (χ4v) is 2.04. The molecule has 0 heterocycles. The molecule has 3 N–H and O–H groups in total. The van der Waals surface area contributed by atoms with Gasteiger partial charge in [-0.25, -0.2) is 0 Å². The average Bonchev–Trinajstić information content (AvgIpc) is 2.31. The number of nitrogens with two attached hydrogens (primary N) is 1. The summed E-state index contributed by atoms with van der Waals surface area (Å²) in [5.41, 5.74) is 3.92. The minimum atomic E-state index is -0.0211. The molecule has 0 aliphatic carbocycles. The molecule has 3 nitrogen and oxygen atoms in total. The molecule has 0 spiro atoms. The monoisotopic (exact) mass is 256 g/mol. The highest BCUT2D eigenvalue weighted by atomic mass is 35.5. The molecule has 0 bridgehead atoms. The van der Waals surface area contributed by atoms with E-state index < -0.39 is 0 Å². The van der Waals surface area contributed by atoms with Crippen molar-refractivity contribution in [1.29, 1.82) is 0 Å². The Labute approximate surface area is 108 Å². The molecule has 0 saturated carbocycles. The van der Waals surface area contributed by atoms with Crippen LogP contribution in [0.15, 0.2) is 24.3 Å². The number of benzene rings is 1. The SMILES string of the molecule is CCOC(C(C)C)C(NN)c1ccc(Cl)cc1. The second-order valence-corrected chi connectivity index (χ2v) is 4.80. The first kappa shape index (κ1) is 14.5. The molecule has 96 valence electrons. The van der Waals surface area contributed by atoms with Gasteiger partial charge in [-0.1, -0.05) is 37.6 Å². The van der Waals surface area contributed by atoms with Crippen LogP contribution in [-0.4, -0.2) is 12.7 Å². The molecular formula is C13H21ClN2O. The van der Waals surface area contributed by atoms with Crippen LogP contribution in [0.2, 0.25) is 5.02 Å². The summed E-state index contributed by atoms with van der Waals surface area (Å²) in [5.74, 6) is 6.03. The van der Waals surface area contributed by atoms with Gasteiger partial charge in [-0.2, -0.15) is 0 Å². The third kappa shape index (κ3) is 3.96. The molecule has 0 fully saturated rings. The van der Waals surface area contributed by atoms with E-state index >= 15 is 0 Å². The zero-order chi connectivity index (χ0) is 12.8. The lowest BCUT2D eigenvalue weighted by atomic mass is 9.94. The smallest absolute Gasteiger partial charge is 0.0805 e. The Morgan fingerprint density at radius 2 is 1.88 bits per heavy atom. The van der Waals surface area contributed by atoms with Gasteiger partial charge in [0.25, 0.3) is 0 Å². The molecule has 1 aromatic carbocycles. The Kier molecular flexibility index (Phi) is 5.92. The van der Waals surface area contributed by atoms with Gasteiger partial charge in [0.15, 0.2) is 0 Å². The van der Waals surface area contributed by atoms with Gasteiger partial charge < -0.3 is 4.74 Å². The zero-order valence-electron chi connectivity index (χ0n) is 10.6. The van der Waals surface area contributed by atoms with Gasteiger partial charge >= 0.3 is 0 Å². The van der Waals surface area contributed by atoms with E-state index in [1.54, 1.807) is 0 Å². The van der Waals surface area contributed by atoms with Gasteiger partial charge in [-0.15, -0.1) is 0 Å². The van der Waals surface area contributed by atoms with Gasteiger partial charge in [0.1, 0.15) is 0 Å². The van der Waals surface area contributed by atoms with E-state index in [4.69, 9.17) is 22.2 Å². The average molecular weight is 257 g/mol. The number of halogens is 1. The highest BCUT2D eigenvalue weighted by Crippen LogP contribution is 2.25. The van der Waals surface area contributed by atoms with Crippen molar-refractivity contribution in [3.8, 4) is 0 Å². The molecule has 2 unspecified atom stereocenters. The van der Waals surface area contributed by atoms with Gasteiger partial charge in [-0.3, -0.25) is 11.3 Å². The Morgan fingerprint density at radius 1 is 1.29 bits per heavy atom. The summed E-state index contributed by atoms with van der Waals surface area (Å²) >= 11 is 5.88. The van der Waals surface area contributed by atoms with E-state index in [2.05, 4.69) is 19.3 Å². The van der Waals surface area contributed by atoms with E-state index in [9.17, 15) is 0 Å². The Balaban J connectivity index is 2.91. The third-order valence-corrected chi connectivity index (χ3v) is 3.01. The number of hydrogen-bond acceptors (Lipinski definition) is 3. The fourth-order valence-electron chi connectivity index (χ4n) is 1.92. The first-order chi connectivity index (χ1) is 8.10. The summed E-state index contributed by atoms with van der Waals surface area (Å²) in [7, 11) is 0. The number of ether oxygens (including phenoxy) is 1. The van der Waals surface area contributed by atoms with Gasteiger partial charge in [-0.05, 0) is 30.5 Å². The topological polar surface area (TPSA) is 47.3 Å². The van der Waals surface area contributed by atoms with Crippen molar-refractivity contribution in [3.63, 3.8) is 0 Å². The largest absolute Gasteiger partial charge is 0.376 e. The van der Waals surface area contributed by atoms with E-state index in [-0.39, 0.29) is 12.1 Å². The van der Waals surface area contributed by atoms with Crippen molar-refractivity contribution in [3.05, 3.63) is 34.9 Å². The van der Waals surface area contributed by atoms with Crippen molar-refractivity contribution in [2.24, 2.45) is 11.8 Å². The number of rotatable bonds is 6. The molecule has 0 radical (unpaired) electrons. The van der Waals surface area contributed by atoms with Crippen LogP contribution in [0.25, 0.3) is 0 Å². The standard InChI is InChI=1S/C13H21ClN2O/c1-4-17-13(9(2)3)12(16-15)10-5-7-11(14)8-6-10/h5-9,12-13,16H,4,15H2,1-3H3. The minimum absolute atomic E-state index is 0.0211. The molecule has 2 atom stereocenters. The molecule has 17 heavy (non-hydrogen) atoms. The van der Waals surface area contributed by atoms with Crippen molar-refractivity contribution < 1.29 is 4.74 Å². The molecule has 1 rings (SSSR count). The van der Waals surface area contributed by atoms with Crippen LogP contribution in [-0.2, 0) is 4.74 Å². The van der Waals surface area contributed by atoms with Crippen molar-refractivity contribution in [2.75, 3.05) is 6.61 Å². The lowest BCUT2D eigenvalue weighted by Crippen LogP contribution is -2.40. The quantitative estimate of drug-likeness (QED) is 0.608. The normalized spacial score (nSPS) is 14.9. The van der Waals surface area contributed by atoms with Crippen LogP contribution < -0.4 is 11.3 Å². The van der Waals surface area contributed by atoms with Crippen LogP contribution >= 0.6 is 11.6 Å². The lowest BCUT2D eigenvalue weighted by Gasteiger charge is -2.29. The molecule has 4 heteroatoms. The molecule has 0 saturated heterocycles. The number of hydrazine groups is 1. The maximum Gasteiger partial charge on any atom is 0.0805 e. The van der Waals surface area contributed by atoms with Crippen LogP contribution in [0.1, 0.15) is 32.4 Å². The second kappa shape index (κ2) is 6.97. The Hall–Kier alpha value is -0.610. The predicted octanol–water partition coefficient (Wildman–Crippen LogP) is 2.91. The predicted molar refractivity (Wildman–Crippen MR) is 71.8 cm³/mol. The third-order valence-electron chi connectivity index (χ3n) is 2.75. The van der Waals surface area contributed by atoms with Crippen molar-refractivity contribution in [1.82, 2.24) is 5.43 Å². The summed E-state index contributed by atoms with van der Waals surface area (Å²) in [4.78, 5) is 0. The van der Waals surface area contributed by atoms with Crippen molar-refractivity contribution >= 4 is 11.6 Å². The summed E-state index contributed by atoms with van der Waals surface area (Å²) in [6.07, 6.45) is 0.0474. The van der Waals surface area contributed by atoms with Crippen LogP contribution in [0.3, 0.4) is 0 Å². The van der Waals surface area contributed by atoms with Gasteiger partial charge in [0.2, 0.25) is 0 Å². The molecule has 0 aliphatic rings. The van der Waals surface area contributed by atoms with Gasteiger partial charge in [0.05, 0.1) is 12.1 Å². The summed E-state index contributed by atoms with van der Waals surface area (Å²) in [5, 5.41) is 0.724. The molecule has 0 aliphatic heterocycles. The maximum atomic E-state index is 5.88. The lowest BCUT2D eigenvalue weighted by molar-refractivity contribution is 0.00277. The fraction of sp³-hybridized carbons (Fsp3) is 0.538. The first-order valence-electron chi connectivity index (χ1n) is 5.93. The van der Waals surface area contributed by atoms with Crippen LogP contribution in [0.4, 0.5) is 0 Å². The van der Waals surface area contributed by atoms with E-state index in [1.165, 1.54) is 0 Å². The Morgan fingerprint density at radius 3 is 2.29 bits per heavy atom. The molecule has 0 amide bonds. The van der Waals surface area contributed by atoms with E-state index in [0.717, 1.165) is 10.6 Å². The first-order valence-corrected chi connectivity index (χ1v) is 6.31. The maximum absolute atomic E-state index is 5.88. The number of nitrogens with one attached hydrogen (secondary N) is 1. The highest BCUT2D eigenvalue weighted by Gasteiger charge is 2.25. The minimum Gasteiger partial charge on any atom is -0.376 e. The highest BCUT2D eigenvalue weighted by molar-refractivity contribution is 6.30. The number of hydrogen-bond donors (Lipinski definition) is 2. The van der Waals surface area contributed by atoms with E-state index in [1.807, 2.05) is 31.2 Å². The molecule has 1 aromatic rings. The zero-order valence-corrected chi connectivity index (χ0v) is 11.4. The van der Waals surface area contributed by atoms with Gasteiger partial charge in [0, 0.05) is 11.6 Å². The summed E-state index contributed by atoms with van der Waals surface area (Å²) in [6.45, 7) is 6.92. The van der Waals surface area contributed by atoms with Crippen LogP contribution in [0.5, 0.6) is 0 Å². The van der Waals surface area contributed by atoms with E-state index in [0.29, 0.717) is 12.5 Å². The summed E-state index contributed by atoms with van der Waals surface area (Å²) < 4.78 is 5.77. The molecule has 0 aromatic heterocycles. The van der Waals surface area contributed by atoms with Crippen LogP contribution in [0, 0.1) is 5.92 Å². The molecular weight excluding hydrogens is 236 g/mol. The summed E-state index contributed by atoms with van der Waals surface area (Å²) in [6, 6.07) is 7.66. The van der Waals surface area contributed by atoms with Crippen molar-refractivity contribution in [2.45, 2.75) is 32.9 Å². The second-order valence-electron chi connectivity index (χ2n) is 4.36.